The maximum Gasteiger partial charge on any atom is 0.339 e. The van der Waals surface area contributed by atoms with Crippen molar-refractivity contribution in [3.8, 4) is 0 Å². The first-order chi connectivity index (χ1) is 10.5. The Balaban J connectivity index is 0.000000534. The third kappa shape index (κ3) is 7.39. The third-order valence-electron chi connectivity index (χ3n) is 2.25. The molecule has 0 spiro atoms. The summed E-state index contributed by atoms with van der Waals surface area (Å²) in [6, 6.07) is 6.00. The predicted molar refractivity (Wildman–Crippen MR) is 77.7 cm³/mol. The van der Waals surface area contributed by atoms with Crippen molar-refractivity contribution in [3.63, 3.8) is 0 Å². The molecule has 0 fully saturated rings. The van der Waals surface area contributed by atoms with Crippen LogP contribution in [-0.4, -0.2) is 47.9 Å². The van der Waals surface area contributed by atoms with Gasteiger partial charge in [0.15, 0.2) is 0 Å². The molecule has 0 unspecified atom stereocenters. The highest BCUT2D eigenvalue weighted by Gasteiger charge is 2.16. The fraction of sp³-hybridized carbons (Fsp3) is 0.400. The van der Waals surface area contributed by atoms with Crippen molar-refractivity contribution >= 4 is 17.9 Å². The van der Waals surface area contributed by atoms with E-state index < -0.39 is 24.5 Å². The number of aromatic carboxylic acids is 1. The lowest BCUT2D eigenvalue weighted by Crippen LogP contribution is -2.11. The Labute approximate surface area is 128 Å². The molecule has 22 heavy (non-hydrogen) atoms. The number of rotatable bonds is 6. The molecule has 0 bridgehead atoms. The molecule has 0 aliphatic rings. The average Bonchev–Trinajstić information content (AvgIpc) is 2.53. The Morgan fingerprint density at radius 3 is 2.05 bits per heavy atom. The highest BCUT2D eigenvalue weighted by Crippen LogP contribution is 2.10. The Bertz CT molecular complexity index is 496. The van der Waals surface area contributed by atoms with Crippen molar-refractivity contribution in [1.29, 1.82) is 0 Å². The highest BCUT2D eigenvalue weighted by molar-refractivity contribution is 6.02. The number of benzene rings is 1. The van der Waals surface area contributed by atoms with Crippen molar-refractivity contribution in [2.24, 2.45) is 0 Å². The molecule has 0 aromatic heterocycles. The zero-order valence-corrected chi connectivity index (χ0v) is 12.6. The van der Waals surface area contributed by atoms with E-state index in [1.807, 2.05) is 6.92 Å². The molecule has 7 nitrogen and oxygen atoms in total. The molecule has 0 radical (unpaired) electrons. The number of hydrogen-bond acceptors (Lipinski definition) is 6. The van der Waals surface area contributed by atoms with E-state index >= 15 is 0 Å². The minimum atomic E-state index is -1.13. The maximum atomic E-state index is 11.4. The molecule has 2 N–H and O–H groups in total. The molecule has 0 aliphatic heterocycles. The number of carboxylic acids is 1. The zero-order valence-electron chi connectivity index (χ0n) is 12.6. The summed E-state index contributed by atoms with van der Waals surface area (Å²) in [5.74, 6) is -2.28. The maximum absolute atomic E-state index is 11.4. The number of carbonyl (C=O) groups excluding carboxylic acids is 2. The fourth-order valence-electron chi connectivity index (χ4n) is 1.33. The van der Waals surface area contributed by atoms with Crippen LogP contribution in [0.4, 0.5) is 0 Å². The molecule has 1 aromatic rings. The molecule has 1 rings (SSSR count). The standard InChI is InChI=1S/C11H12O4.C4H8O3/c1-2-7-15-11(14)9-6-4-3-5-8(9)10(12)13;1-2-7-4(6)3-5/h3-6H,2,7H2,1H3,(H,12,13);5H,2-3H2,1H3. The first-order valence-corrected chi connectivity index (χ1v) is 6.73. The topological polar surface area (TPSA) is 110 Å². The van der Waals surface area contributed by atoms with Gasteiger partial charge < -0.3 is 19.7 Å². The molecule has 0 aliphatic carbocycles. The lowest BCUT2D eigenvalue weighted by Gasteiger charge is -2.05. The van der Waals surface area contributed by atoms with Gasteiger partial charge in [0.05, 0.1) is 24.3 Å². The molecule has 0 heterocycles. The third-order valence-corrected chi connectivity index (χ3v) is 2.25. The molecular weight excluding hydrogens is 292 g/mol. The molecule has 122 valence electrons. The molecular formula is C15H20O7. The second-order valence-corrected chi connectivity index (χ2v) is 3.95. The summed E-state index contributed by atoms with van der Waals surface area (Å²) in [6.07, 6.45) is 0.709. The molecule has 0 saturated carbocycles. The first-order valence-electron chi connectivity index (χ1n) is 6.73. The Kier molecular flexibility index (Phi) is 10.0. The lowest BCUT2D eigenvalue weighted by atomic mass is 10.1. The van der Waals surface area contributed by atoms with Crippen LogP contribution >= 0.6 is 0 Å². The van der Waals surface area contributed by atoms with Crippen LogP contribution < -0.4 is 0 Å². The molecule has 0 amide bonds. The van der Waals surface area contributed by atoms with Gasteiger partial charge in [0.1, 0.15) is 6.61 Å². The van der Waals surface area contributed by atoms with Crippen molar-refractivity contribution < 1.29 is 34.1 Å². The van der Waals surface area contributed by atoms with Gasteiger partial charge >= 0.3 is 17.9 Å². The van der Waals surface area contributed by atoms with Crippen LogP contribution in [0.5, 0.6) is 0 Å². The summed E-state index contributed by atoms with van der Waals surface area (Å²) >= 11 is 0. The highest BCUT2D eigenvalue weighted by atomic mass is 16.5. The van der Waals surface area contributed by atoms with Crippen LogP contribution in [0.15, 0.2) is 24.3 Å². The predicted octanol–water partition coefficient (Wildman–Crippen LogP) is 1.49. The van der Waals surface area contributed by atoms with Crippen LogP contribution in [0, 0.1) is 0 Å². The van der Waals surface area contributed by atoms with E-state index in [1.165, 1.54) is 12.1 Å². The summed E-state index contributed by atoms with van der Waals surface area (Å²) in [5.41, 5.74) is 0.0667. The van der Waals surface area contributed by atoms with Gasteiger partial charge in [-0.2, -0.15) is 0 Å². The Morgan fingerprint density at radius 1 is 1.05 bits per heavy atom. The largest absolute Gasteiger partial charge is 0.478 e. The van der Waals surface area contributed by atoms with Crippen molar-refractivity contribution in [2.75, 3.05) is 19.8 Å². The van der Waals surface area contributed by atoms with E-state index in [0.717, 1.165) is 0 Å². The smallest absolute Gasteiger partial charge is 0.339 e. The summed E-state index contributed by atoms with van der Waals surface area (Å²) in [5, 5.41) is 16.8. The van der Waals surface area contributed by atoms with Crippen molar-refractivity contribution in [2.45, 2.75) is 20.3 Å². The van der Waals surface area contributed by atoms with E-state index in [-0.39, 0.29) is 11.1 Å². The van der Waals surface area contributed by atoms with Gasteiger partial charge in [0.25, 0.3) is 0 Å². The zero-order chi connectivity index (χ0) is 17.0. The Hall–Kier alpha value is -2.41. The van der Waals surface area contributed by atoms with Crippen molar-refractivity contribution in [3.05, 3.63) is 35.4 Å². The van der Waals surface area contributed by atoms with Crippen LogP contribution in [0.2, 0.25) is 0 Å². The van der Waals surface area contributed by atoms with Gasteiger partial charge in [-0.3, -0.25) is 0 Å². The quantitative estimate of drug-likeness (QED) is 0.766. The van der Waals surface area contributed by atoms with E-state index in [9.17, 15) is 14.4 Å². The summed E-state index contributed by atoms with van der Waals surface area (Å²) < 4.78 is 9.17. The minimum absolute atomic E-state index is 0.0291. The van der Waals surface area contributed by atoms with Gasteiger partial charge in [-0.15, -0.1) is 0 Å². The van der Waals surface area contributed by atoms with Gasteiger partial charge in [-0.25, -0.2) is 14.4 Å². The van der Waals surface area contributed by atoms with Gasteiger partial charge in [-0.1, -0.05) is 19.1 Å². The second kappa shape index (κ2) is 11.3. The van der Waals surface area contributed by atoms with Gasteiger partial charge in [-0.05, 0) is 25.5 Å². The number of aliphatic hydroxyl groups excluding tert-OH is 1. The number of esters is 2. The van der Waals surface area contributed by atoms with Crippen LogP contribution in [0.3, 0.4) is 0 Å². The minimum Gasteiger partial charge on any atom is -0.478 e. The summed E-state index contributed by atoms with van der Waals surface area (Å²) in [4.78, 5) is 32.2. The number of aliphatic hydroxyl groups is 1. The SMILES string of the molecule is CCCOC(=O)c1ccccc1C(=O)O.CCOC(=O)CO. The summed E-state index contributed by atoms with van der Waals surface area (Å²) in [7, 11) is 0. The normalized spacial score (nSPS) is 9.23. The lowest BCUT2D eigenvalue weighted by molar-refractivity contribution is -0.146. The van der Waals surface area contributed by atoms with E-state index in [0.29, 0.717) is 19.6 Å². The molecule has 7 heteroatoms. The first kappa shape index (κ1) is 19.6. The van der Waals surface area contributed by atoms with Crippen LogP contribution in [0.25, 0.3) is 0 Å². The van der Waals surface area contributed by atoms with Crippen LogP contribution in [-0.2, 0) is 14.3 Å². The van der Waals surface area contributed by atoms with E-state index in [4.69, 9.17) is 14.9 Å². The van der Waals surface area contributed by atoms with Gasteiger partial charge in [0, 0.05) is 0 Å². The van der Waals surface area contributed by atoms with Crippen LogP contribution in [0.1, 0.15) is 41.0 Å². The van der Waals surface area contributed by atoms with E-state index in [1.54, 1.807) is 19.1 Å². The summed E-state index contributed by atoms with van der Waals surface area (Å²) in [6.45, 7) is 3.67. The second-order valence-electron chi connectivity index (χ2n) is 3.95. The van der Waals surface area contributed by atoms with E-state index in [2.05, 4.69) is 4.74 Å². The van der Waals surface area contributed by atoms with Gasteiger partial charge in [0.2, 0.25) is 0 Å². The number of ether oxygens (including phenoxy) is 2. The number of carbonyl (C=O) groups is 3. The molecule has 0 atom stereocenters. The fourth-order valence-corrected chi connectivity index (χ4v) is 1.33. The number of carboxylic acid groups (broad SMARTS) is 1. The van der Waals surface area contributed by atoms with Crippen molar-refractivity contribution in [1.82, 2.24) is 0 Å². The molecule has 1 aromatic carbocycles. The Morgan fingerprint density at radius 2 is 1.64 bits per heavy atom. The monoisotopic (exact) mass is 312 g/mol. The molecule has 0 saturated heterocycles. The average molecular weight is 312 g/mol. The number of hydrogen-bond donors (Lipinski definition) is 2.